The van der Waals surface area contributed by atoms with Gasteiger partial charge in [-0.25, -0.2) is 0 Å². The molecule has 1 fully saturated rings. The number of nitrogens with zero attached hydrogens (tertiary/aromatic N) is 3. The number of amides is 1. The molecule has 33 heavy (non-hydrogen) atoms. The molecular weight excluding hydrogens is 416 g/mol. The first-order chi connectivity index (χ1) is 15.9. The van der Waals surface area contributed by atoms with Gasteiger partial charge in [0.2, 0.25) is 0 Å². The summed E-state index contributed by atoms with van der Waals surface area (Å²) in [6, 6.07) is 15.3. The molecule has 0 aliphatic carbocycles. The number of anilines is 2. The predicted molar refractivity (Wildman–Crippen MR) is 134 cm³/mol. The highest BCUT2D eigenvalue weighted by atomic mass is 16.5. The Hall–Kier alpha value is -3.32. The summed E-state index contributed by atoms with van der Waals surface area (Å²) in [5.74, 6) is 0.0974. The topological polar surface area (TPSA) is 66.8 Å². The van der Waals surface area contributed by atoms with Gasteiger partial charge in [-0.1, -0.05) is 38.1 Å². The number of hydrogen-bond acceptors (Lipinski definition) is 5. The largest absolute Gasteiger partial charge is 0.495 e. The van der Waals surface area contributed by atoms with Crippen LogP contribution in [0.4, 0.5) is 11.4 Å². The van der Waals surface area contributed by atoms with Crippen LogP contribution < -0.4 is 20.5 Å². The summed E-state index contributed by atoms with van der Waals surface area (Å²) in [7, 11) is 3.61. The van der Waals surface area contributed by atoms with Crippen molar-refractivity contribution in [3.63, 3.8) is 0 Å². The number of methoxy groups -OCH3 is 1. The van der Waals surface area contributed by atoms with Crippen molar-refractivity contribution in [2.24, 2.45) is 5.92 Å². The summed E-state index contributed by atoms with van der Waals surface area (Å²) >= 11 is 0. The summed E-state index contributed by atoms with van der Waals surface area (Å²) in [5, 5.41) is 3.76. The Morgan fingerprint density at radius 2 is 1.70 bits per heavy atom. The fourth-order valence-corrected chi connectivity index (χ4v) is 4.42. The first-order valence-corrected chi connectivity index (χ1v) is 11.4. The minimum absolute atomic E-state index is 0.0324. The lowest BCUT2D eigenvalue weighted by molar-refractivity contribution is 0.102. The molecule has 2 aromatic carbocycles. The molecule has 1 aromatic heterocycles. The Kier molecular flexibility index (Phi) is 6.70. The van der Waals surface area contributed by atoms with E-state index in [-0.39, 0.29) is 17.0 Å². The number of nitrogens with one attached hydrogen (secondary N) is 1. The molecule has 0 unspecified atom stereocenters. The lowest BCUT2D eigenvalue weighted by Crippen LogP contribution is -2.44. The minimum atomic E-state index is -0.457. The number of rotatable bonds is 6. The van der Waals surface area contributed by atoms with Crippen LogP contribution in [0.25, 0.3) is 10.9 Å². The summed E-state index contributed by atoms with van der Waals surface area (Å²) in [6.07, 6.45) is 0. The van der Waals surface area contributed by atoms with Gasteiger partial charge in [-0.2, -0.15) is 0 Å². The smallest absolute Gasteiger partial charge is 0.267 e. The van der Waals surface area contributed by atoms with Crippen molar-refractivity contribution in [1.29, 1.82) is 0 Å². The van der Waals surface area contributed by atoms with Gasteiger partial charge in [0.25, 0.3) is 11.5 Å². The van der Waals surface area contributed by atoms with Crippen LogP contribution in [0.5, 0.6) is 5.75 Å². The molecule has 0 radical (unpaired) electrons. The van der Waals surface area contributed by atoms with Gasteiger partial charge in [0, 0.05) is 38.1 Å². The first-order valence-electron chi connectivity index (χ1n) is 11.4. The van der Waals surface area contributed by atoms with E-state index in [4.69, 9.17) is 4.74 Å². The van der Waals surface area contributed by atoms with Crippen molar-refractivity contribution in [2.45, 2.75) is 20.4 Å². The molecule has 0 spiro atoms. The number of hydrogen-bond donors (Lipinski definition) is 1. The molecular formula is C26H32N4O3. The molecule has 1 N–H and O–H groups in total. The predicted octanol–water partition coefficient (Wildman–Crippen LogP) is 3.67. The highest BCUT2D eigenvalue weighted by molar-refractivity contribution is 6.10. The number of carbonyl (C=O) groups is 1. The van der Waals surface area contributed by atoms with Gasteiger partial charge in [-0.3, -0.25) is 9.59 Å². The first kappa shape index (κ1) is 22.9. The standard InChI is InChI=1S/C26H32N4O3/c1-18(2)17-30-21-11-7-5-9-19(21)24(33-4)23(26(30)32)25(31)27-20-10-6-8-12-22(20)29-15-13-28(3)14-16-29/h5-12,18H,13-17H2,1-4H3,(H,27,31). The Morgan fingerprint density at radius 1 is 1.03 bits per heavy atom. The quantitative estimate of drug-likeness (QED) is 0.623. The van der Waals surface area contributed by atoms with Gasteiger partial charge in [-0.05, 0) is 37.2 Å². The number of likely N-dealkylation sites (N-methyl/N-ethyl adjacent to an activating group) is 1. The van der Waals surface area contributed by atoms with Crippen molar-refractivity contribution < 1.29 is 9.53 Å². The van der Waals surface area contributed by atoms with Crippen LogP contribution in [-0.2, 0) is 6.54 Å². The summed E-state index contributed by atoms with van der Waals surface area (Å²) < 4.78 is 7.31. The number of para-hydroxylation sites is 3. The normalized spacial score (nSPS) is 14.6. The van der Waals surface area contributed by atoms with Crippen LogP contribution in [0, 0.1) is 5.92 Å². The molecule has 0 saturated carbocycles. The Morgan fingerprint density at radius 3 is 2.39 bits per heavy atom. The second-order valence-corrected chi connectivity index (χ2v) is 9.00. The van der Waals surface area contributed by atoms with Crippen LogP contribution in [0.2, 0.25) is 0 Å². The Labute approximate surface area is 194 Å². The molecule has 7 nitrogen and oxygen atoms in total. The number of pyridine rings is 1. The molecule has 0 bridgehead atoms. The maximum atomic E-state index is 13.6. The number of piperazine rings is 1. The molecule has 1 aliphatic heterocycles. The van der Waals surface area contributed by atoms with Crippen LogP contribution >= 0.6 is 0 Å². The third-order valence-corrected chi connectivity index (χ3v) is 6.10. The van der Waals surface area contributed by atoms with Crippen molar-refractivity contribution >= 4 is 28.2 Å². The van der Waals surface area contributed by atoms with Crippen LogP contribution in [0.3, 0.4) is 0 Å². The second kappa shape index (κ2) is 9.67. The van der Waals surface area contributed by atoms with E-state index in [0.717, 1.165) is 42.8 Å². The fraction of sp³-hybridized carbons (Fsp3) is 0.385. The number of ether oxygens (including phenoxy) is 1. The average Bonchev–Trinajstić information content (AvgIpc) is 2.81. The van der Waals surface area contributed by atoms with Crippen LogP contribution in [0.1, 0.15) is 24.2 Å². The molecule has 2 heterocycles. The molecule has 174 valence electrons. The van der Waals surface area contributed by atoms with Crippen molar-refractivity contribution in [3.05, 3.63) is 64.4 Å². The molecule has 4 rings (SSSR count). The maximum absolute atomic E-state index is 13.6. The van der Waals surface area contributed by atoms with Crippen LogP contribution in [-0.4, -0.2) is 55.7 Å². The molecule has 3 aromatic rings. The van der Waals surface area contributed by atoms with Gasteiger partial charge in [0.05, 0.1) is 24.0 Å². The summed E-state index contributed by atoms with van der Waals surface area (Å²) in [6.45, 7) is 8.30. The van der Waals surface area contributed by atoms with Gasteiger partial charge < -0.3 is 24.4 Å². The monoisotopic (exact) mass is 448 g/mol. The Balaban J connectivity index is 1.77. The van der Waals surface area contributed by atoms with E-state index < -0.39 is 5.91 Å². The summed E-state index contributed by atoms with van der Waals surface area (Å²) in [4.78, 5) is 31.7. The van der Waals surface area contributed by atoms with Gasteiger partial charge in [0.15, 0.2) is 0 Å². The fourth-order valence-electron chi connectivity index (χ4n) is 4.42. The molecule has 1 saturated heterocycles. The third-order valence-electron chi connectivity index (χ3n) is 6.10. The number of fused-ring (bicyclic) bond motifs is 1. The second-order valence-electron chi connectivity index (χ2n) is 9.00. The lowest BCUT2D eigenvalue weighted by Gasteiger charge is -2.35. The molecule has 7 heteroatoms. The van der Waals surface area contributed by atoms with Gasteiger partial charge in [-0.15, -0.1) is 0 Å². The van der Waals surface area contributed by atoms with E-state index in [9.17, 15) is 9.59 Å². The van der Waals surface area contributed by atoms with E-state index in [2.05, 4.69) is 36.0 Å². The zero-order valence-electron chi connectivity index (χ0n) is 19.8. The summed E-state index contributed by atoms with van der Waals surface area (Å²) in [5.41, 5.74) is 2.11. The van der Waals surface area contributed by atoms with Crippen molar-refractivity contribution in [3.8, 4) is 5.75 Å². The highest BCUT2D eigenvalue weighted by Crippen LogP contribution is 2.31. The van der Waals surface area contributed by atoms with Gasteiger partial charge >= 0.3 is 0 Å². The van der Waals surface area contributed by atoms with E-state index in [1.54, 1.807) is 4.57 Å². The minimum Gasteiger partial charge on any atom is -0.495 e. The van der Waals surface area contributed by atoms with E-state index in [1.807, 2.05) is 48.5 Å². The van der Waals surface area contributed by atoms with E-state index >= 15 is 0 Å². The SMILES string of the molecule is COc1c(C(=O)Nc2ccccc2N2CCN(C)CC2)c(=O)n(CC(C)C)c2ccccc12. The number of benzene rings is 2. The molecule has 0 atom stereocenters. The van der Waals surface area contributed by atoms with E-state index in [0.29, 0.717) is 18.0 Å². The van der Waals surface area contributed by atoms with Crippen molar-refractivity contribution in [1.82, 2.24) is 9.47 Å². The maximum Gasteiger partial charge on any atom is 0.267 e. The number of aromatic nitrogens is 1. The van der Waals surface area contributed by atoms with Crippen LogP contribution in [0.15, 0.2) is 53.3 Å². The zero-order chi connectivity index (χ0) is 23.5. The number of carbonyl (C=O) groups excluding carboxylic acids is 1. The Bertz CT molecular complexity index is 1210. The highest BCUT2D eigenvalue weighted by Gasteiger charge is 2.25. The average molecular weight is 449 g/mol. The zero-order valence-corrected chi connectivity index (χ0v) is 19.8. The van der Waals surface area contributed by atoms with Crippen molar-refractivity contribution in [2.75, 3.05) is 50.6 Å². The third kappa shape index (κ3) is 4.59. The lowest BCUT2D eigenvalue weighted by atomic mass is 10.1. The van der Waals surface area contributed by atoms with E-state index in [1.165, 1.54) is 7.11 Å². The molecule has 1 aliphatic rings. The van der Waals surface area contributed by atoms with Gasteiger partial charge in [0.1, 0.15) is 11.3 Å². The molecule has 1 amide bonds.